The second kappa shape index (κ2) is 10.4. The first-order valence-corrected chi connectivity index (χ1v) is 11.9. The van der Waals surface area contributed by atoms with Crippen LogP contribution in [0.25, 0.3) is 11.0 Å². The number of esters is 1. The number of nitrogens with one attached hydrogen (secondary N) is 1. The van der Waals surface area contributed by atoms with Crippen LogP contribution in [-0.2, 0) is 21.0 Å². The lowest BCUT2D eigenvalue weighted by molar-refractivity contribution is -0.137. The highest BCUT2D eigenvalue weighted by Crippen LogP contribution is 2.34. The monoisotopic (exact) mass is 497 g/mol. The number of fused-ring (bicyclic) bond motifs is 1. The van der Waals surface area contributed by atoms with E-state index in [-0.39, 0.29) is 34.6 Å². The normalized spacial score (nSPS) is 12.1. The maximum atomic E-state index is 13.1. The molecular formula is C23H22F3NO6S. The maximum absolute atomic E-state index is 13.1. The van der Waals surface area contributed by atoms with Crippen LogP contribution in [0.15, 0.2) is 62.6 Å². The van der Waals surface area contributed by atoms with Gasteiger partial charge in [-0.25, -0.2) is 17.9 Å². The number of benzene rings is 2. The van der Waals surface area contributed by atoms with E-state index in [0.717, 1.165) is 17.7 Å². The summed E-state index contributed by atoms with van der Waals surface area (Å²) in [7, 11) is -3.60. The molecule has 3 aromatic rings. The number of rotatable bonds is 9. The van der Waals surface area contributed by atoms with Crippen molar-refractivity contribution in [1.82, 2.24) is 4.72 Å². The second-order valence-corrected chi connectivity index (χ2v) is 9.40. The molecule has 0 bridgehead atoms. The van der Waals surface area contributed by atoms with Gasteiger partial charge in [-0.2, -0.15) is 13.2 Å². The summed E-state index contributed by atoms with van der Waals surface area (Å²) in [5.74, 6) is -0.667. The van der Waals surface area contributed by atoms with Gasteiger partial charge < -0.3 is 9.15 Å². The lowest BCUT2D eigenvalue weighted by atomic mass is 10.1. The fourth-order valence-corrected chi connectivity index (χ4v) is 4.28. The van der Waals surface area contributed by atoms with E-state index in [0.29, 0.717) is 25.3 Å². The SMILES string of the molecule is Cc1ccc(S(=O)(=O)NCCCCCC(=O)Oc2ccc3c(C(F)(F)F)cc(=O)oc3c2)cc1. The summed E-state index contributed by atoms with van der Waals surface area (Å²) in [6, 6.07) is 10.2. The number of alkyl halides is 3. The van der Waals surface area contributed by atoms with Gasteiger partial charge in [0.1, 0.15) is 11.3 Å². The van der Waals surface area contributed by atoms with Crippen LogP contribution in [0.1, 0.15) is 36.8 Å². The number of hydrogen-bond acceptors (Lipinski definition) is 6. The van der Waals surface area contributed by atoms with Crippen molar-refractivity contribution in [1.29, 1.82) is 0 Å². The first-order chi connectivity index (χ1) is 16.0. The zero-order valence-corrected chi connectivity index (χ0v) is 19.0. The van der Waals surface area contributed by atoms with E-state index in [4.69, 9.17) is 9.15 Å². The van der Waals surface area contributed by atoms with E-state index in [9.17, 15) is 31.2 Å². The molecule has 0 aliphatic heterocycles. The van der Waals surface area contributed by atoms with Crippen molar-refractivity contribution in [2.75, 3.05) is 6.54 Å². The number of carbonyl (C=O) groups is 1. The van der Waals surface area contributed by atoms with Crippen LogP contribution in [0.3, 0.4) is 0 Å². The molecule has 2 aromatic carbocycles. The number of unbranched alkanes of at least 4 members (excludes halogenated alkanes) is 2. The van der Waals surface area contributed by atoms with Gasteiger partial charge in [0.25, 0.3) is 0 Å². The van der Waals surface area contributed by atoms with Crippen LogP contribution in [0, 0.1) is 6.92 Å². The third kappa shape index (κ3) is 6.67. The Morgan fingerprint density at radius 2 is 1.74 bits per heavy atom. The standard InChI is InChI=1S/C23H22F3NO6S/c1-15-6-9-17(10-7-15)34(30,31)27-12-4-2-3-5-21(28)32-16-8-11-18-19(23(24,25)26)14-22(29)33-20(18)13-16/h6-11,13-14,27H,2-5,12H2,1H3. The Bertz CT molecular complexity index is 1330. The summed E-state index contributed by atoms with van der Waals surface area (Å²) < 4.78 is 76.1. The molecule has 0 unspecified atom stereocenters. The van der Waals surface area contributed by atoms with Crippen molar-refractivity contribution in [3.8, 4) is 5.75 Å². The summed E-state index contributed by atoms with van der Waals surface area (Å²) in [5, 5.41) is -0.319. The largest absolute Gasteiger partial charge is 0.426 e. The summed E-state index contributed by atoms with van der Waals surface area (Å²) in [5.41, 5.74) is -1.69. The van der Waals surface area contributed by atoms with E-state index in [1.165, 1.54) is 18.2 Å². The van der Waals surface area contributed by atoms with Crippen molar-refractivity contribution in [3.63, 3.8) is 0 Å². The zero-order chi connectivity index (χ0) is 24.9. The molecule has 0 saturated heterocycles. The summed E-state index contributed by atoms with van der Waals surface area (Å²) in [4.78, 5) is 23.7. The number of aryl methyl sites for hydroxylation is 1. The van der Waals surface area contributed by atoms with Crippen molar-refractivity contribution in [2.24, 2.45) is 0 Å². The molecule has 0 saturated carbocycles. The van der Waals surface area contributed by atoms with Gasteiger partial charge in [-0.05, 0) is 44.0 Å². The Morgan fingerprint density at radius 3 is 2.41 bits per heavy atom. The number of sulfonamides is 1. The summed E-state index contributed by atoms with van der Waals surface area (Å²) >= 11 is 0. The highest BCUT2D eigenvalue weighted by atomic mass is 32.2. The Kier molecular flexibility index (Phi) is 7.78. The first kappa shape index (κ1) is 25.4. The zero-order valence-electron chi connectivity index (χ0n) is 18.1. The van der Waals surface area contributed by atoms with E-state index in [1.54, 1.807) is 12.1 Å². The molecule has 1 aromatic heterocycles. The van der Waals surface area contributed by atoms with E-state index < -0.39 is 33.4 Å². The van der Waals surface area contributed by atoms with Crippen molar-refractivity contribution in [3.05, 3.63) is 70.1 Å². The van der Waals surface area contributed by atoms with Crippen molar-refractivity contribution in [2.45, 2.75) is 43.7 Å². The molecule has 3 rings (SSSR count). The predicted octanol–water partition coefficient (Wildman–Crippen LogP) is 4.56. The minimum atomic E-state index is -4.74. The summed E-state index contributed by atoms with van der Waals surface area (Å²) in [6.07, 6.45) is -3.24. The van der Waals surface area contributed by atoms with Gasteiger partial charge in [0.05, 0.1) is 10.5 Å². The molecule has 0 aliphatic carbocycles. The molecule has 0 aliphatic rings. The molecule has 1 N–H and O–H groups in total. The van der Waals surface area contributed by atoms with Gasteiger partial charge in [-0.1, -0.05) is 24.1 Å². The van der Waals surface area contributed by atoms with Crippen LogP contribution in [0.4, 0.5) is 13.2 Å². The Balaban J connectivity index is 1.47. The number of ether oxygens (including phenoxy) is 1. The predicted molar refractivity (Wildman–Crippen MR) is 118 cm³/mol. The van der Waals surface area contributed by atoms with Gasteiger partial charge in [0.15, 0.2) is 0 Å². The number of carbonyl (C=O) groups excluding carboxylic acids is 1. The van der Waals surface area contributed by atoms with E-state index >= 15 is 0 Å². The topological polar surface area (TPSA) is 103 Å². The molecule has 7 nitrogen and oxygen atoms in total. The lowest BCUT2D eigenvalue weighted by Gasteiger charge is -2.10. The average molecular weight is 497 g/mol. The molecular weight excluding hydrogens is 475 g/mol. The van der Waals surface area contributed by atoms with Gasteiger partial charge in [0, 0.05) is 30.5 Å². The Morgan fingerprint density at radius 1 is 1.03 bits per heavy atom. The van der Waals surface area contributed by atoms with Crippen LogP contribution >= 0.6 is 0 Å². The third-order valence-corrected chi connectivity index (χ3v) is 6.41. The summed E-state index contributed by atoms with van der Waals surface area (Å²) in [6.45, 7) is 2.06. The van der Waals surface area contributed by atoms with Gasteiger partial charge in [-0.3, -0.25) is 4.79 Å². The molecule has 34 heavy (non-hydrogen) atoms. The van der Waals surface area contributed by atoms with Crippen molar-refractivity contribution >= 4 is 27.0 Å². The van der Waals surface area contributed by atoms with Crippen LogP contribution in [0.2, 0.25) is 0 Å². The molecule has 0 fully saturated rings. The van der Waals surface area contributed by atoms with Crippen LogP contribution in [-0.4, -0.2) is 20.9 Å². The lowest BCUT2D eigenvalue weighted by Crippen LogP contribution is -2.24. The minimum absolute atomic E-state index is 0.0231. The van der Waals surface area contributed by atoms with Gasteiger partial charge >= 0.3 is 17.8 Å². The number of halogens is 3. The first-order valence-electron chi connectivity index (χ1n) is 10.4. The van der Waals surface area contributed by atoms with E-state index in [1.807, 2.05) is 6.92 Å². The van der Waals surface area contributed by atoms with Gasteiger partial charge in [0.2, 0.25) is 10.0 Å². The molecule has 1 heterocycles. The molecule has 0 atom stereocenters. The fraction of sp³-hybridized carbons (Fsp3) is 0.304. The van der Waals surface area contributed by atoms with Crippen LogP contribution in [0.5, 0.6) is 5.75 Å². The quantitative estimate of drug-likeness (QED) is 0.201. The second-order valence-electron chi connectivity index (χ2n) is 7.63. The molecule has 11 heteroatoms. The van der Waals surface area contributed by atoms with E-state index in [2.05, 4.69) is 4.72 Å². The smallest absolute Gasteiger partial charge is 0.417 e. The molecule has 0 amide bonds. The Hall–Kier alpha value is -3.18. The molecule has 182 valence electrons. The van der Waals surface area contributed by atoms with Crippen LogP contribution < -0.4 is 15.1 Å². The van der Waals surface area contributed by atoms with Gasteiger partial charge in [-0.15, -0.1) is 0 Å². The average Bonchev–Trinajstić information content (AvgIpc) is 2.75. The minimum Gasteiger partial charge on any atom is -0.426 e. The van der Waals surface area contributed by atoms with Crippen molar-refractivity contribution < 1.29 is 35.5 Å². The maximum Gasteiger partial charge on any atom is 0.417 e. The Labute approximate surface area is 193 Å². The third-order valence-electron chi connectivity index (χ3n) is 4.93. The molecule has 0 radical (unpaired) electrons. The number of hydrogen-bond donors (Lipinski definition) is 1. The molecule has 0 spiro atoms. The fourth-order valence-electron chi connectivity index (χ4n) is 3.20. The highest BCUT2D eigenvalue weighted by Gasteiger charge is 2.33. The highest BCUT2D eigenvalue weighted by molar-refractivity contribution is 7.89.